The van der Waals surface area contributed by atoms with E-state index in [0.717, 1.165) is 77.0 Å². The van der Waals surface area contributed by atoms with Gasteiger partial charge in [0, 0.05) is 19.3 Å². The van der Waals surface area contributed by atoms with Gasteiger partial charge in [0.2, 0.25) is 0 Å². The summed E-state index contributed by atoms with van der Waals surface area (Å²) in [5, 5.41) is 0. The molecule has 0 aromatic heterocycles. The van der Waals surface area contributed by atoms with E-state index in [1.807, 2.05) is 0 Å². The Morgan fingerprint density at radius 1 is 0.256 bits per heavy atom. The van der Waals surface area contributed by atoms with E-state index in [1.54, 1.807) is 0 Å². The quantitative estimate of drug-likeness (QED) is 0.0261. The Morgan fingerprint density at radius 3 is 0.756 bits per heavy atom. The van der Waals surface area contributed by atoms with Crippen LogP contribution in [0.3, 0.4) is 0 Å². The summed E-state index contributed by atoms with van der Waals surface area (Å²) in [7, 11) is 0. The summed E-state index contributed by atoms with van der Waals surface area (Å²) >= 11 is 0. The molecule has 0 amide bonds. The van der Waals surface area contributed by atoms with Crippen molar-refractivity contribution in [3.63, 3.8) is 0 Å². The van der Waals surface area contributed by atoms with Crippen LogP contribution < -0.4 is 0 Å². The molecule has 78 heavy (non-hydrogen) atoms. The lowest BCUT2D eigenvalue weighted by molar-refractivity contribution is -0.167. The second-order valence-electron chi connectivity index (χ2n) is 23.1. The first-order chi connectivity index (χ1) is 38.5. The van der Waals surface area contributed by atoms with E-state index in [1.165, 1.54) is 244 Å². The highest BCUT2D eigenvalue weighted by molar-refractivity contribution is 5.71. The second-order valence-corrected chi connectivity index (χ2v) is 23.1. The number of allylic oxidation sites excluding steroid dienone is 10. The van der Waals surface area contributed by atoms with Crippen LogP contribution in [0.4, 0.5) is 0 Å². The standard InChI is InChI=1S/C72H130O6/c1-4-7-10-13-16-19-22-25-27-29-31-33-35-36-38-39-41-43-45-47-50-53-56-59-62-65-71(74)77-68-69(67-76-70(73)64-61-58-55-52-49-24-21-18-15-12-9-6-3)78-72(75)66-63-60-57-54-51-48-46-44-42-40-37-34-32-30-28-26-23-20-17-14-11-8-5-2/h18,21-22,25,29-32,35-36,69H,4-17,19-20,23-24,26-28,33-34,37-68H2,1-3H3/b21-18-,25-22-,31-29-,32-30-,36-35-. The zero-order valence-electron chi connectivity index (χ0n) is 52.2. The van der Waals surface area contributed by atoms with Crippen molar-refractivity contribution in [3.8, 4) is 0 Å². The highest BCUT2D eigenvalue weighted by atomic mass is 16.6. The molecule has 0 saturated carbocycles. The molecule has 6 nitrogen and oxygen atoms in total. The molecule has 6 heteroatoms. The van der Waals surface area contributed by atoms with Gasteiger partial charge < -0.3 is 14.2 Å². The third-order valence-electron chi connectivity index (χ3n) is 15.2. The maximum atomic E-state index is 12.9. The average molecular weight is 1090 g/mol. The van der Waals surface area contributed by atoms with Crippen LogP contribution in [-0.4, -0.2) is 37.2 Å². The van der Waals surface area contributed by atoms with Gasteiger partial charge in [0.05, 0.1) is 0 Å². The number of rotatable bonds is 63. The molecule has 0 saturated heterocycles. The van der Waals surface area contributed by atoms with Crippen LogP contribution in [0.1, 0.15) is 361 Å². The number of unbranched alkanes of at least 4 members (excludes halogenated alkanes) is 42. The molecule has 454 valence electrons. The van der Waals surface area contributed by atoms with Crippen molar-refractivity contribution < 1.29 is 28.6 Å². The van der Waals surface area contributed by atoms with E-state index in [4.69, 9.17) is 14.2 Å². The molecule has 0 aliphatic carbocycles. The van der Waals surface area contributed by atoms with E-state index < -0.39 is 6.10 Å². The molecule has 0 spiro atoms. The predicted molar refractivity (Wildman–Crippen MR) is 339 cm³/mol. The SMILES string of the molecule is CCCCC/C=C\CCCCCCCC(=O)OCC(COC(=O)CCCCCCCCCCCC/C=C\C/C=C\C/C=C\CCCCCCC)OC(=O)CCCCCCCCCCCCC/C=C\CCCCCCCCCC. The summed E-state index contributed by atoms with van der Waals surface area (Å²) < 4.78 is 17.0. The van der Waals surface area contributed by atoms with Gasteiger partial charge in [-0.25, -0.2) is 0 Å². The van der Waals surface area contributed by atoms with Crippen LogP contribution in [-0.2, 0) is 28.6 Å². The zero-order valence-corrected chi connectivity index (χ0v) is 52.2. The first-order valence-electron chi connectivity index (χ1n) is 34.3. The Labute approximate surface area is 485 Å². The minimum atomic E-state index is -0.780. The molecule has 0 N–H and O–H groups in total. The van der Waals surface area contributed by atoms with Gasteiger partial charge in [-0.15, -0.1) is 0 Å². The molecule has 0 rings (SSSR count). The minimum absolute atomic E-state index is 0.0770. The van der Waals surface area contributed by atoms with Crippen LogP contribution in [0.15, 0.2) is 60.8 Å². The molecular formula is C72H130O6. The molecule has 0 fully saturated rings. The molecule has 0 aliphatic heterocycles. The van der Waals surface area contributed by atoms with E-state index in [0.29, 0.717) is 19.3 Å². The van der Waals surface area contributed by atoms with Crippen molar-refractivity contribution in [1.82, 2.24) is 0 Å². The maximum Gasteiger partial charge on any atom is 0.306 e. The number of esters is 3. The smallest absolute Gasteiger partial charge is 0.306 e. The molecular weight excluding hydrogens is 961 g/mol. The Morgan fingerprint density at radius 2 is 0.462 bits per heavy atom. The van der Waals surface area contributed by atoms with Crippen molar-refractivity contribution >= 4 is 17.9 Å². The lowest BCUT2D eigenvalue weighted by atomic mass is 10.0. The van der Waals surface area contributed by atoms with Crippen LogP contribution in [0.5, 0.6) is 0 Å². The van der Waals surface area contributed by atoms with Gasteiger partial charge >= 0.3 is 17.9 Å². The topological polar surface area (TPSA) is 78.9 Å². The van der Waals surface area contributed by atoms with Crippen LogP contribution in [0.2, 0.25) is 0 Å². The number of hydrogen-bond donors (Lipinski definition) is 0. The molecule has 0 aromatic rings. The van der Waals surface area contributed by atoms with E-state index in [-0.39, 0.29) is 31.1 Å². The van der Waals surface area contributed by atoms with Crippen molar-refractivity contribution in [2.45, 2.75) is 367 Å². The Balaban J connectivity index is 4.26. The minimum Gasteiger partial charge on any atom is -0.462 e. The normalized spacial score (nSPS) is 12.4. The average Bonchev–Trinajstić information content (AvgIpc) is 3.44. The van der Waals surface area contributed by atoms with E-state index >= 15 is 0 Å². The molecule has 0 radical (unpaired) electrons. The van der Waals surface area contributed by atoms with Crippen molar-refractivity contribution in [3.05, 3.63) is 60.8 Å². The van der Waals surface area contributed by atoms with Crippen LogP contribution in [0.25, 0.3) is 0 Å². The molecule has 1 atom stereocenters. The lowest BCUT2D eigenvalue weighted by Crippen LogP contribution is -2.30. The van der Waals surface area contributed by atoms with Gasteiger partial charge in [-0.1, -0.05) is 293 Å². The first kappa shape index (κ1) is 75.1. The largest absolute Gasteiger partial charge is 0.462 e. The highest BCUT2D eigenvalue weighted by Crippen LogP contribution is 2.17. The fourth-order valence-corrected chi connectivity index (χ4v) is 10.0. The molecule has 1 unspecified atom stereocenters. The summed E-state index contributed by atoms with van der Waals surface area (Å²) in [6.07, 6.45) is 85.3. The van der Waals surface area contributed by atoms with Crippen molar-refractivity contribution in [2.75, 3.05) is 13.2 Å². The van der Waals surface area contributed by atoms with Gasteiger partial charge in [0.1, 0.15) is 13.2 Å². The molecule has 0 heterocycles. The lowest BCUT2D eigenvalue weighted by Gasteiger charge is -2.18. The van der Waals surface area contributed by atoms with Gasteiger partial charge in [-0.05, 0) is 109 Å². The molecule has 0 bridgehead atoms. The van der Waals surface area contributed by atoms with E-state index in [2.05, 4.69) is 81.5 Å². The predicted octanol–water partition coefficient (Wildman–Crippen LogP) is 23.5. The second kappa shape index (κ2) is 66.6. The number of carbonyl (C=O) groups excluding carboxylic acids is 3. The molecule has 0 aliphatic rings. The summed E-state index contributed by atoms with van der Waals surface area (Å²) in [6, 6.07) is 0. The summed E-state index contributed by atoms with van der Waals surface area (Å²) in [4.78, 5) is 38.4. The van der Waals surface area contributed by atoms with Gasteiger partial charge in [-0.2, -0.15) is 0 Å². The third kappa shape index (κ3) is 63.9. The maximum absolute atomic E-state index is 12.9. The van der Waals surface area contributed by atoms with Gasteiger partial charge in [-0.3, -0.25) is 14.4 Å². The van der Waals surface area contributed by atoms with E-state index in [9.17, 15) is 14.4 Å². The summed E-state index contributed by atoms with van der Waals surface area (Å²) in [5.74, 6) is -0.871. The third-order valence-corrected chi connectivity index (χ3v) is 15.2. The number of ether oxygens (including phenoxy) is 3. The Bertz CT molecular complexity index is 1390. The highest BCUT2D eigenvalue weighted by Gasteiger charge is 2.19. The Hall–Kier alpha value is -2.89. The number of hydrogen-bond acceptors (Lipinski definition) is 6. The Kier molecular flexibility index (Phi) is 64.2. The monoisotopic (exact) mass is 1090 g/mol. The van der Waals surface area contributed by atoms with Crippen molar-refractivity contribution in [2.24, 2.45) is 0 Å². The fraction of sp³-hybridized carbons (Fsp3) is 0.819. The van der Waals surface area contributed by atoms with Crippen LogP contribution >= 0.6 is 0 Å². The molecule has 0 aromatic carbocycles. The zero-order chi connectivity index (χ0) is 56.4. The van der Waals surface area contributed by atoms with Gasteiger partial charge in [0.15, 0.2) is 6.10 Å². The van der Waals surface area contributed by atoms with Gasteiger partial charge in [0.25, 0.3) is 0 Å². The fourth-order valence-electron chi connectivity index (χ4n) is 10.0. The van der Waals surface area contributed by atoms with Crippen LogP contribution in [0, 0.1) is 0 Å². The van der Waals surface area contributed by atoms with Crippen molar-refractivity contribution in [1.29, 1.82) is 0 Å². The first-order valence-corrected chi connectivity index (χ1v) is 34.3. The summed E-state index contributed by atoms with van der Waals surface area (Å²) in [5.41, 5.74) is 0. The summed E-state index contributed by atoms with van der Waals surface area (Å²) in [6.45, 7) is 6.64. The number of carbonyl (C=O) groups is 3.